The molecule has 0 aliphatic carbocycles. The van der Waals surface area contributed by atoms with Gasteiger partial charge in [0.05, 0.1) is 0 Å². The Bertz CT molecular complexity index is 798. The number of aromatic hydroxyl groups is 1. The zero-order valence-corrected chi connectivity index (χ0v) is 14.3. The molecule has 2 aromatic carbocycles. The molecule has 5 nitrogen and oxygen atoms in total. The van der Waals surface area contributed by atoms with E-state index in [1.807, 2.05) is 38.1 Å². The van der Waals surface area contributed by atoms with Crippen molar-refractivity contribution in [1.82, 2.24) is 5.32 Å². The molecule has 0 atom stereocenters. The minimum Gasteiger partial charge on any atom is -0.508 e. The molecule has 0 aromatic heterocycles. The third-order valence-electron chi connectivity index (χ3n) is 3.84. The Balaban J connectivity index is 1.94. The van der Waals surface area contributed by atoms with E-state index in [4.69, 9.17) is 0 Å². The van der Waals surface area contributed by atoms with E-state index in [0.29, 0.717) is 13.0 Å². The number of amides is 1. The molecule has 0 saturated heterocycles. The molecule has 0 heterocycles. The quantitative estimate of drug-likeness (QED) is 0.559. The lowest BCUT2D eigenvalue weighted by Gasteiger charge is -2.10. The predicted octanol–water partition coefficient (Wildman–Crippen LogP) is 3.19. The van der Waals surface area contributed by atoms with Gasteiger partial charge in [-0.2, -0.15) is 5.26 Å². The summed E-state index contributed by atoms with van der Waals surface area (Å²) in [7, 11) is 0. The van der Waals surface area contributed by atoms with Gasteiger partial charge in [0.25, 0.3) is 5.91 Å². The lowest BCUT2D eigenvalue weighted by atomic mass is 10.1. The number of nitrogens with one attached hydrogen (secondary N) is 2. The Hall–Kier alpha value is -3.26. The Morgan fingerprint density at radius 2 is 1.80 bits per heavy atom. The van der Waals surface area contributed by atoms with Crippen LogP contribution in [0.25, 0.3) is 0 Å². The average molecular weight is 335 g/mol. The maximum absolute atomic E-state index is 12.1. The highest BCUT2D eigenvalue weighted by Crippen LogP contribution is 2.19. The van der Waals surface area contributed by atoms with Crippen LogP contribution >= 0.6 is 0 Å². The summed E-state index contributed by atoms with van der Waals surface area (Å²) in [5.41, 5.74) is 4.00. The molecule has 0 fully saturated rings. The standard InChI is InChI=1S/C20H21N3O2/c1-14-4-3-5-15(2)19(14)23-13-17(12-21)20(25)22-11-10-16-6-8-18(24)9-7-16/h3-9,13,23-24H,10-11H2,1-2H3,(H,22,25)/b17-13-. The molecule has 0 aliphatic rings. The van der Waals surface area contributed by atoms with Crippen molar-refractivity contribution < 1.29 is 9.90 Å². The number of phenolic OH excluding ortho intramolecular Hbond substituents is 1. The van der Waals surface area contributed by atoms with Crippen LogP contribution < -0.4 is 10.6 Å². The van der Waals surface area contributed by atoms with Gasteiger partial charge in [-0.15, -0.1) is 0 Å². The first-order valence-corrected chi connectivity index (χ1v) is 8.00. The number of para-hydroxylation sites is 1. The van der Waals surface area contributed by atoms with Crippen molar-refractivity contribution in [3.63, 3.8) is 0 Å². The second-order valence-corrected chi connectivity index (χ2v) is 5.75. The van der Waals surface area contributed by atoms with E-state index in [-0.39, 0.29) is 11.3 Å². The third-order valence-corrected chi connectivity index (χ3v) is 3.84. The number of hydrogen-bond donors (Lipinski definition) is 3. The highest BCUT2D eigenvalue weighted by atomic mass is 16.3. The third kappa shape index (κ3) is 5.11. The Morgan fingerprint density at radius 3 is 2.40 bits per heavy atom. The molecule has 128 valence electrons. The van der Waals surface area contributed by atoms with Crippen LogP contribution in [-0.2, 0) is 11.2 Å². The summed E-state index contributed by atoms with van der Waals surface area (Å²) in [4.78, 5) is 12.1. The lowest BCUT2D eigenvalue weighted by molar-refractivity contribution is -0.117. The number of carbonyl (C=O) groups excluding carboxylic acids is 1. The van der Waals surface area contributed by atoms with Crippen LogP contribution in [0.1, 0.15) is 16.7 Å². The van der Waals surface area contributed by atoms with Gasteiger partial charge in [-0.05, 0) is 49.1 Å². The van der Waals surface area contributed by atoms with Gasteiger partial charge in [-0.3, -0.25) is 4.79 Å². The molecule has 25 heavy (non-hydrogen) atoms. The van der Waals surface area contributed by atoms with Crippen LogP contribution in [0.4, 0.5) is 5.69 Å². The van der Waals surface area contributed by atoms with Crippen molar-refractivity contribution in [2.24, 2.45) is 0 Å². The zero-order chi connectivity index (χ0) is 18.2. The number of aryl methyl sites for hydroxylation is 2. The van der Waals surface area contributed by atoms with E-state index in [0.717, 1.165) is 22.4 Å². The summed E-state index contributed by atoms with van der Waals surface area (Å²) in [6.45, 7) is 4.34. The summed E-state index contributed by atoms with van der Waals surface area (Å²) in [5.74, 6) is -0.208. The number of rotatable bonds is 6. The summed E-state index contributed by atoms with van der Waals surface area (Å²) < 4.78 is 0. The van der Waals surface area contributed by atoms with Crippen molar-refractivity contribution in [3.05, 3.63) is 70.9 Å². The maximum Gasteiger partial charge on any atom is 0.263 e. The van der Waals surface area contributed by atoms with Gasteiger partial charge in [0.1, 0.15) is 17.4 Å². The molecule has 0 spiro atoms. The molecule has 0 bridgehead atoms. The summed E-state index contributed by atoms with van der Waals surface area (Å²) >= 11 is 0. The Labute approximate surface area is 147 Å². The molecular weight excluding hydrogens is 314 g/mol. The van der Waals surface area contributed by atoms with Crippen molar-refractivity contribution in [2.75, 3.05) is 11.9 Å². The zero-order valence-electron chi connectivity index (χ0n) is 14.3. The molecule has 0 radical (unpaired) electrons. The number of nitrogens with zero attached hydrogens (tertiary/aromatic N) is 1. The van der Waals surface area contributed by atoms with Crippen LogP contribution in [0.5, 0.6) is 5.75 Å². The Morgan fingerprint density at radius 1 is 1.16 bits per heavy atom. The van der Waals surface area contributed by atoms with E-state index in [1.54, 1.807) is 24.3 Å². The van der Waals surface area contributed by atoms with Crippen LogP contribution in [-0.4, -0.2) is 17.6 Å². The topological polar surface area (TPSA) is 85.2 Å². The largest absolute Gasteiger partial charge is 0.508 e. The van der Waals surface area contributed by atoms with Crippen molar-refractivity contribution >= 4 is 11.6 Å². The highest BCUT2D eigenvalue weighted by molar-refractivity contribution is 5.97. The van der Waals surface area contributed by atoms with Crippen LogP contribution in [0.15, 0.2) is 54.2 Å². The number of nitriles is 1. The van der Waals surface area contributed by atoms with E-state index in [9.17, 15) is 15.2 Å². The first kappa shape index (κ1) is 18.1. The van der Waals surface area contributed by atoms with Crippen molar-refractivity contribution in [1.29, 1.82) is 5.26 Å². The van der Waals surface area contributed by atoms with E-state index in [1.165, 1.54) is 6.20 Å². The van der Waals surface area contributed by atoms with Gasteiger partial charge in [0, 0.05) is 18.4 Å². The van der Waals surface area contributed by atoms with E-state index >= 15 is 0 Å². The summed E-state index contributed by atoms with van der Waals surface area (Å²) in [5, 5.41) is 24.2. The van der Waals surface area contributed by atoms with Crippen LogP contribution in [0.3, 0.4) is 0 Å². The number of anilines is 1. The summed E-state index contributed by atoms with van der Waals surface area (Å²) in [6, 6.07) is 14.6. The van der Waals surface area contributed by atoms with Crippen molar-refractivity contribution in [2.45, 2.75) is 20.3 Å². The molecular formula is C20H21N3O2. The monoisotopic (exact) mass is 335 g/mol. The second kappa shape index (κ2) is 8.55. The number of hydrogen-bond acceptors (Lipinski definition) is 4. The first-order chi connectivity index (χ1) is 12.0. The SMILES string of the molecule is Cc1cccc(C)c1N/C=C(/C#N)C(=O)NCCc1ccc(O)cc1. The fraction of sp³-hybridized carbons (Fsp3) is 0.200. The molecule has 0 unspecified atom stereocenters. The van der Waals surface area contributed by atoms with E-state index < -0.39 is 5.91 Å². The number of phenols is 1. The molecule has 2 rings (SSSR count). The number of benzene rings is 2. The highest BCUT2D eigenvalue weighted by Gasteiger charge is 2.09. The Kier molecular flexibility index (Phi) is 6.19. The fourth-order valence-electron chi connectivity index (χ4n) is 2.41. The van der Waals surface area contributed by atoms with E-state index in [2.05, 4.69) is 10.6 Å². The maximum atomic E-state index is 12.1. The molecule has 0 aliphatic heterocycles. The van der Waals surface area contributed by atoms with Gasteiger partial charge in [-0.1, -0.05) is 30.3 Å². The molecule has 0 saturated carbocycles. The average Bonchev–Trinajstić information content (AvgIpc) is 2.59. The van der Waals surface area contributed by atoms with Gasteiger partial charge >= 0.3 is 0 Å². The molecule has 1 amide bonds. The van der Waals surface area contributed by atoms with Gasteiger partial charge in [0.15, 0.2) is 0 Å². The fourth-order valence-corrected chi connectivity index (χ4v) is 2.41. The molecule has 2 aromatic rings. The van der Waals surface area contributed by atoms with Gasteiger partial charge in [-0.25, -0.2) is 0 Å². The first-order valence-electron chi connectivity index (χ1n) is 8.00. The predicted molar refractivity (Wildman–Crippen MR) is 98.1 cm³/mol. The molecule has 5 heteroatoms. The minimum atomic E-state index is -0.417. The lowest BCUT2D eigenvalue weighted by Crippen LogP contribution is -2.27. The molecule has 3 N–H and O–H groups in total. The second-order valence-electron chi connectivity index (χ2n) is 5.75. The normalized spacial score (nSPS) is 10.8. The van der Waals surface area contributed by atoms with Crippen LogP contribution in [0, 0.1) is 25.2 Å². The van der Waals surface area contributed by atoms with Gasteiger partial charge < -0.3 is 15.7 Å². The summed E-state index contributed by atoms with van der Waals surface area (Å²) in [6.07, 6.45) is 2.06. The minimum absolute atomic E-state index is 0.0216. The number of carbonyl (C=O) groups is 1. The smallest absolute Gasteiger partial charge is 0.263 e. The van der Waals surface area contributed by atoms with Gasteiger partial charge in [0.2, 0.25) is 0 Å². The van der Waals surface area contributed by atoms with Crippen molar-refractivity contribution in [3.8, 4) is 11.8 Å². The van der Waals surface area contributed by atoms with Crippen LogP contribution in [0.2, 0.25) is 0 Å².